The van der Waals surface area contributed by atoms with E-state index in [0.717, 1.165) is 41.0 Å². The van der Waals surface area contributed by atoms with Crippen LogP contribution in [0.3, 0.4) is 0 Å². The summed E-state index contributed by atoms with van der Waals surface area (Å²) in [5.41, 5.74) is 5.20. The van der Waals surface area contributed by atoms with Crippen molar-refractivity contribution in [2.45, 2.75) is 32.6 Å². The molecule has 0 aliphatic heterocycles. The molecule has 2 aromatic rings. The number of fused-ring (bicyclic) bond motifs is 1. The fraction of sp³-hybridized carbons (Fsp3) is 0.294. The summed E-state index contributed by atoms with van der Waals surface area (Å²) in [5, 5.41) is 8.71. The lowest BCUT2D eigenvalue weighted by atomic mass is 9.96. The van der Waals surface area contributed by atoms with Crippen LogP contribution in [-0.4, -0.2) is 10.4 Å². The first kappa shape index (κ1) is 12.7. The lowest BCUT2D eigenvalue weighted by Gasteiger charge is -2.16. The van der Waals surface area contributed by atoms with Crippen molar-refractivity contribution in [2.24, 2.45) is 0 Å². The SMILES string of the molecule is Cc1cc2c(n1-c1ccc(CC#N)cc1)CCCC2=O. The Morgan fingerprint density at radius 2 is 2.00 bits per heavy atom. The highest BCUT2D eigenvalue weighted by Crippen LogP contribution is 2.28. The molecule has 0 atom stereocenters. The van der Waals surface area contributed by atoms with Crippen molar-refractivity contribution in [1.82, 2.24) is 4.57 Å². The largest absolute Gasteiger partial charge is 0.317 e. The van der Waals surface area contributed by atoms with Crippen molar-refractivity contribution in [3.05, 3.63) is 52.8 Å². The summed E-state index contributed by atoms with van der Waals surface area (Å²) in [6.07, 6.45) is 2.98. The summed E-state index contributed by atoms with van der Waals surface area (Å²) >= 11 is 0. The van der Waals surface area contributed by atoms with Crippen molar-refractivity contribution in [2.75, 3.05) is 0 Å². The van der Waals surface area contributed by atoms with Crippen LogP contribution in [0.5, 0.6) is 0 Å². The first-order valence-corrected chi connectivity index (χ1v) is 6.91. The van der Waals surface area contributed by atoms with E-state index in [1.54, 1.807) is 0 Å². The Labute approximate surface area is 118 Å². The third-order valence-electron chi connectivity index (χ3n) is 3.88. The molecule has 100 valence electrons. The van der Waals surface area contributed by atoms with Crippen molar-refractivity contribution in [1.29, 1.82) is 5.26 Å². The second-order valence-corrected chi connectivity index (χ2v) is 5.26. The van der Waals surface area contributed by atoms with Crippen molar-refractivity contribution >= 4 is 5.78 Å². The first-order chi connectivity index (χ1) is 9.70. The molecule has 3 nitrogen and oxygen atoms in total. The van der Waals surface area contributed by atoms with Gasteiger partial charge in [-0.1, -0.05) is 12.1 Å². The molecule has 3 rings (SSSR count). The Morgan fingerprint density at radius 3 is 2.70 bits per heavy atom. The Hall–Kier alpha value is -2.34. The second kappa shape index (κ2) is 4.97. The summed E-state index contributed by atoms with van der Waals surface area (Å²) in [7, 11) is 0. The zero-order chi connectivity index (χ0) is 14.1. The number of nitriles is 1. The molecule has 0 unspecified atom stereocenters. The first-order valence-electron chi connectivity index (χ1n) is 6.91. The Morgan fingerprint density at radius 1 is 1.25 bits per heavy atom. The molecule has 1 aliphatic carbocycles. The van der Waals surface area contributed by atoms with Crippen LogP contribution < -0.4 is 0 Å². The van der Waals surface area contributed by atoms with Crippen molar-refractivity contribution in [3.8, 4) is 11.8 Å². The number of rotatable bonds is 2. The highest BCUT2D eigenvalue weighted by Gasteiger charge is 2.23. The maximum absolute atomic E-state index is 12.0. The van der Waals surface area contributed by atoms with Gasteiger partial charge in [0, 0.05) is 29.1 Å². The minimum atomic E-state index is 0.259. The number of carbonyl (C=O) groups is 1. The highest BCUT2D eigenvalue weighted by atomic mass is 16.1. The van der Waals surface area contributed by atoms with Crippen LogP contribution in [0.25, 0.3) is 5.69 Å². The zero-order valence-corrected chi connectivity index (χ0v) is 11.5. The van der Waals surface area contributed by atoms with Gasteiger partial charge in [0.2, 0.25) is 0 Å². The van der Waals surface area contributed by atoms with Crippen LogP contribution in [0.15, 0.2) is 30.3 Å². The van der Waals surface area contributed by atoms with Gasteiger partial charge >= 0.3 is 0 Å². The molecule has 1 heterocycles. The lowest BCUT2D eigenvalue weighted by molar-refractivity contribution is 0.0972. The van der Waals surface area contributed by atoms with Crippen LogP contribution in [0.2, 0.25) is 0 Å². The lowest BCUT2D eigenvalue weighted by Crippen LogP contribution is -2.12. The molecule has 0 bridgehead atoms. The van der Waals surface area contributed by atoms with E-state index in [1.165, 1.54) is 0 Å². The summed E-state index contributed by atoms with van der Waals surface area (Å²) < 4.78 is 2.17. The van der Waals surface area contributed by atoms with Crippen molar-refractivity contribution < 1.29 is 4.79 Å². The van der Waals surface area contributed by atoms with Crippen LogP contribution in [-0.2, 0) is 12.8 Å². The van der Waals surface area contributed by atoms with Gasteiger partial charge in [-0.3, -0.25) is 4.79 Å². The van der Waals surface area contributed by atoms with Crippen LogP contribution >= 0.6 is 0 Å². The molecule has 1 aliphatic rings. The number of benzene rings is 1. The fourth-order valence-electron chi connectivity index (χ4n) is 2.94. The molecule has 0 saturated carbocycles. The van der Waals surface area contributed by atoms with E-state index < -0.39 is 0 Å². The van der Waals surface area contributed by atoms with Gasteiger partial charge in [0.1, 0.15) is 0 Å². The van der Waals surface area contributed by atoms with E-state index in [-0.39, 0.29) is 5.78 Å². The van der Waals surface area contributed by atoms with Gasteiger partial charge in [0.15, 0.2) is 5.78 Å². The van der Waals surface area contributed by atoms with E-state index in [4.69, 9.17) is 5.26 Å². The molecular formula is C17H16N2O. The summed E-state index contributed by atoms with van der Waals surface area (Å²) in [5.74, 6) is 0.259. The molecule has 0 radical (unpaired) electrons. The van der Waals surface area contributed by atoms with Gasteiger partial charge in [0.05, 0.1) is 12.5 Å². The van der Waals surface area contributed by atoms with E-state index in [2.05, 4.69) is 10.6 Å². The van der Waals surface area contributed by atoms with Crippen LogP contribution in [0.4, 0.5) is 0 Å². The number of aromatic nitrogens is 1. The molecular weight excluding hydrogens is 248 g/mol. The molecule has 20 heavy (non-hydrogen) atoms. The average molecular weight is 264 g/mol. The molecule has 0 amide bonds. The van der Waals surface area contributed by atoms with Gasteiger partial charge in [-0.05, 0) is 43.5 Å². The van der Waals surface area contributed by atoms with Gasteiger partial charge < -0.3 is 4.57 Å². The van der Waals surface area contributed by atoms with Gasteiger partial charge in [-0.25, -0.2) is 0 Å². The van der Waals surface area contributed by atoms with E-state index in [1.807, 2.05) is 37.3 Å². The van der Waals surface area contributed by atoms with E-state index in [9.17, 15) is 4.79 Å². The predicted molar refractivity (Wildman–Crippen MR) is 77.1 cm³/mol. The quantitative estimate of drug-likeness (QED) is 0.834. The molecule has 0 fully saturated rings. The number of hydrogen-bond acceptors (Lipinski definition) is 2. The Bertz CT molecular complexity index is 702. The highest BCUT2D eigenvalue weighted by molar-refractivity contribution is 5.98. The number of Topliss-reactive ketones (excluding diaryl/α,β-unsaturated/α-hetero) is 1. The Kier molecular flexibility index (Phi) is 3.15. The monoisotopic (exact) mass is 264 g/mol. The number of aryl methyl sites for hydroxylation is 1. The van der Waals surface area contributed by atoms with Gasteiger partial charge in [0.25, 0.3) is 0 Å². The average Bonchev–Trinajstić information content (AvgIpc) is 2.78. The molecule has 3 heteroatoms. The third kappa shape index (κ3) is 2.04. The summed E-state index contributed by atoms with van der Waals surface area (Å²) in [4.78, 5) is 12.0. The minimum Gasteiger partial charge on any atom is -0.317 e. The van der Waals surface area contributed by atoms with Crippen molar-refractivity contribution in [3.63, 3.8) is 0 Å². The molecule has 0 saturated heterocycles. The number of hydrogen-bond donors (Lipinski definition) is 0. The summed E-state index contributed by atoms with van der Waals surface area (Å²) in [6, 6.07) is 12.2. The van der Waals surface area contributed by atoms with Gasteiger partial charge in [-0.2, -0.15) is 5.26 Å². The molecule has 1 aromatic carbocycles. The van der Waals surface area contributed by atoms with E-state index >= 15 is 0 Å². The maximum Gasteiger partial charge on any atom is 0.164 e. The predicted octanol–water partition coefficient (Wildman–Crippen LogP) is 3.37. The van der Waals surface area contributed by atoms with Crippen LogP contribution in [0, 0.1) is 18.3 Å². The minimum absolute atomic E-state index is 0.259. The molecule has 0 N–H and O–H groups in total. The maximum atomic E-state index is 12.0. The number of carbonyl (C=O) groups excluding carboxylic acids is 1. The normalized spacial score (nSPS) is 13.9. The molecule has 1 aromatic heterocycles. The number of nitrogens with zero attached hydrogens (tertiary/aromatic N) is 2. The topological polar surface area (TPSA) is 45.8 Å². The molecule has 0 spiro atoms. The Balaban J connectivity index is 2.06. The fourth-order valence-corrected chi connectivity index (χ4v) is 2.94. The van der Waals surface area contributed by atoms with E-state index in [0.29, 0.717) is 12.8 Å². The standard InChI is InChI=1S/C17H16N2O/c1-12-11-15-16(3-2-4-17(15)20)19(12)14-7-5-13(6-8-14)9-10-18/h5-8,11H,2-4,9H2,1H3. The zero-order valence-electron chi connectivity index (χ0n) is 11.5. The van der Waals surface area contributed by atoms with Gasteiger partial charge in [-0.15, -0.1) is 0 Å². The number of ketones is 1. The third-order valence-corrected chi connectivity index (χ3v) is 3.88. The second-order valence-electron chi connectivity index (χ2n) is 5.26. The smallest absolute Gasteiger partial charge is 0.164 e. The summed E-state index contributed by atoms with van der Waals surface area (Å²) in [6.45, 7) is 2.04. The van der Waals surface area contributed by atoms with Crippen LogP contribution in [0.1, 0.15) is 40.2 Å².